The first kappa shape index (κ1) is 14.0. The molecule has 0 spiro atoms. The van der Waals surface area contributed by atoms with Crippen molar-refractivity contribution in [3.63, 3.8) is 0 Å². The normalized spacial score (nSPS) is 10.3. The van der Waals surface area contributed by atoms with Crippen molar-refractivity contribution in [3.05, 3.63) is 16.3 Å². The first-order valence-electron chi connectivity index (χ1n) is 5.76. The van der Waals surface area contributed by atoms with Gasteiger partial charge in [0.15, 0.2) is 0 Å². The molecule has 0 atom stereocenters. The van der Waals surface area contributed by atoms with Gasteiger partial charge in [-0.3, -0.25) is 4.79 Å². The lowest BCUT2D eigenvalue weighted by Crippen LogP contribution is -2.34. The lowest BCUT2D eigenvalue weighted by molar-refractivity contribution is 0.0721. The van der Waals surface area contributed by atoms with E-state index in [4.69, 9.17) is 9.84 Å². The van der Waals surface area contributed by atoms with E-state index in [0.29, 0.717) is 23.7 Å². The molecule has 1 amide bonds. The second kappa shape index (κ2) is 7.29. The minimum atomic E-state index is -0.0562. The summed E-state index contributed by atoms with van der Waals surface area (Å²) in [7, 11) is 1.56. The average molecular weight is 257 g/mol. The molecule has 5 heteroatoms. The van der Waals surface area contributed by atoms with Gasteiger partial charge >= 0.3 is 0 Å². The number of hydrogen-bond acceptors (Lipinski definition) is 4. The molecule has 0 aliphatic rings. The minimum Gasteiger partial charge on any atom is -0.495 e. The van der Waals surface area contributed by atoms with E-state index >= 15 is 0 Å². The van der Waals surface area contributed by atoms with Gasteiger partial charge in [0, 0.05) is 13.1 Å². The van der Waals surface area contributed by atoms with Gasteiger partial charge in [-0.2, -0.15) is 0 Å². The lowest BCUT2D eigenvalue weighted by Gasteiger charge is -2.21. The molecule has 17 heavy (non-hydrogen) atoms. The van der Waals surface area contributed by atoms with E-state index in [2.05, 4.69) is 6.92 Å². The highest BCUT2D eigenvalue weighted by Crippen LogP contribution is 2.25. The van der Waals surface area contributed by atoms with Crippen molar-refractivity contribution in [3.8, 4) is 5.75 Å². The topological polar surface area (TPSA) is 49.8 Å². The fourth-order valence-corrected chi connectivity index (χ4v) is 2.37. The van der Waals surface area contributed by atoms with Gasteiger partial charge < -0.3 is 14.7 Å². The molecule has 1 N–H and O–H groups in total. The third-order valence-electron chi connectivity index (χ3n) is 2.48. The third kappa shape index (κ3) is 3.71. The SMILES string of the molecule is CCCCN(CCO)C(=O)c1sccc1OC. The maximum atomic E-state index is 12.2. The molecular formula is C12H19NO3S. The largest absolute Gasteiger partial charge is 0.495 e. The summed E-state index contributed by atoms with van der Waals surface area (Å²) in [6.07, 6.45) is 1.97. The third-order valence-corrected chi connectivity index (χ3v) is 3.37. The van der Waals surface area contributed by atoms with Crippen LogP contribution in [0.3, 0.4) is 0 Å². The number of thiophene rings is 1. The van der Waals surface area contributed by atoms with E-state index in [1.165, 1.54) is 11.3 Å². The summed E-state index contributed by atoms with van der Waals surface area (Å²) < 4.78 is 5.14. The number of aliphatic hydroxyl groups is 1. The van der Waals surface area contributed by atoms with Crippen LogP contribution < -0.4 is 4.74 Å². The van der Waals surface area contributed by atoms with Crippen LogP contribution in [0.5, 0.6) is 5.75 Å². The Morgan fingerprint density at radius 2 is 2.29 bits per heavy atom. The van der Waals surface area contributed by atoms with Crippen LogP contribution in [-0.4, -0.2) is 42.7 Å². The van der Waals surface area contributed by atoms with Gasteiger partial charge in [0.25, 0.3) is 5.91 Å². The Kier molecular flexibility index (Phi) is 6.00. The number of methoxy groups -OCH3 is 1. The molecule has 0 aromatic carbocycles. The van der Waals surface area contributed by atoms with Crippen LogP contribution in [0.25, 0.3) is 0 Å². The van der Waals surface area contributed by atoms with Gasteiger partial charge in [-0.15, -0.1) is 11.3 Å². The van der Waals surface area contributed by atoms with Crippen LogP contribution in [-0.2, 0) is 0 Å². The van der Waals surface area contributed by atoms with E-state index in [1.807, 2.05) is 5.38 Å². The minimum absolute atomic E-state index is 0.0108. The fraction of sp³-hybridized carbons (Fsp3) is 0.583. The Balaban J connectivity index is 2.76. The highest BCUT2D eigenvalue weighted by Gasteiger charge is 2.20. The Bertz CT molecular complexity index is 351. The van der Waals surface area contributed by atoms with E-state index < -0.39 is 0 Å². The number of aliphatic hydroxyl groups excluding tert-OH is 1. The van der Waals surface area contributed by atoms with Crippen molar-refractivity contribution in [1.82, 2.24) is 4.90 Å². The number of rotatable bonds is 7. The summed E-state index contributed by atoms with van der Waals surface area (Å²) >= 11 is 1.37. The van der Waals surface area contributed by atoms with Crippen molar-refractivity contribution in [1.29, 1.82) is 0 Å². The van der Waals surface area contributed by atoms with Gasteiger partial charge in [-0.1, -0.05) is 13.3 Å². The zero-order chi connectivity index (χ0) is 12.7. The van der Waals surface area contributed by atoms with Crippen LogP contribution in [0.15, 0.2) is 11.4 Å². The predicted octanol–water partition coefficient (Wildman–Crippen LogP) is 1.99. The molecule has 0 saturated heterocycles. The van der Waals surface area contributed by atoms with Gasteiger partial charge in [-0.05, 0) is 17.9 Å². The molecule has 0 aliphatic carbocycles. The first-order valence-corrected chi connectivity index (χ1v) is 6.64. The molecular weight excluding hydrogens is 238 g/mol. The highest BCUT2D eigenvalue weighted by atomic mass is 32.1. The van der Waals surface area contributed by atoms with Crippen molar-refractivity contribution < 1.29 is 14.6 Å². The first-order chi connectivity index (χ1) is 8.24. The van der Waals surface area contributed by atoms with E-state index in [1.54, 1.807) is 18.1 Å². The molecule has 4 nitrogen and oxygen atoms in total. The van der Waals surface area contributed by atoms with Gasteiger partial charge in [0.1, 0.15) is 10.6 Å². The number of unbranched alkanes of at least 4 members (excludes halogenated alkanes) is 1. The molecule has 1 heterocycles. The van der Waals surface area contributed by atoms with Crippen molar-refractivity contribution >= 4 is 17.2 Å². The molecule has 0 bridgehead atoms. The summed E-state index contributed by atoms with van der Waals surface area (Å²) in [5.74, 6) is 0.554. The Labute approximate surface area is 106 Å². The summed E-state index contributed by atoms with van der Waals surface area (Å²) in [6.45, 7) is 3.12. The van der Waals surface area contributed by atoms with E-state index in [-0.39, 0.29) is 12.5 Å². The maximum absolute atomic E-state index is 12.2. The van der Waals surface area contributed by atoms with E-state index in [0.717, 1.165) is 12.8 Å². The number of ether oxygens (including phenoxy) is 1. The number of carbonyl (C=O) groups excluding carboxylic acids is 1. The molecule has 1 aromatic rings. The summed E-state index contributed by atoms with van der Waals surface area (Å²) in [5.41, 5.74) is 0. The molecule has 0 aliphatic heterocycles. The van der Waals surface area contributed by atoms with Crippen LogP contribution >= 0.6 is 11.3 Å². The molecule has 1 aromatic heterocycles. The highest BCUT2D eigenvalue weighted by molar-refractivity contribution is 7.12. The number of amides is 1. The van der Waals surface area contributed by atoms with Gasteiger partial charge in [0.05, 0.1) is 13.7 Å². The molecule has 0 unspecified atom stereocenters. The smallest absolute Gasteiger partial charge is 0.267 e. The fourth-order valence-electron chi connectivity index (χ4n) is 1.54. The number of carbonyl (C=O) groups is 1. The zero-order valence-electron chi connectivity index (χ0n) is 10.3. The zero-order valence-corrected chi connectivity index (χ0v) is 11.1. The van der Waals surface area contributed by atoms with Gasteiger partial charge in [0.2, 0.25) is 0 Å². The molecule has 1 rings (SSSR count). The van der Waals surface area contributed by atoms with Crippen LogP contribution in [0.4, 0.5) is 0 Å². The van der Waals surface area contributed by atoms with Crippen molar-refractivity contribution in [2.24, 2.45) is 0 Å². The predicted molar refractivity (Wildman–Crippen MR) is 68.8 cm³/mol. The molecule has 96 valence electrons. The van der Waals surface area contributed by atoms with Crippen molar-refractivity contribution in [2.75, 3.05) is 26.8 Å². The quantitative estimate of drug-likeness (QED) is 0.812. The maximum Gasteiger partial charge on any atom is 0.267 e. The van der Waals surface area contributed by atoms with Crippen LogP contribution in [0.2, 0.25) is 0 Å². The molecule has 0 radical (unpaired) electrons. The van der Waals surface area contributed by atoms with Crippen LogP contribution in [0.1, 0.15) is 29.4 Å². The van der Waals surface area contributed by atoms with Crippen LogP contribution in [0, 0.1) is 0 Å². The second-order valence-electron chi connectivity index (χ2n) is 3.69. The second-order valence-corrected chi connectivity index (χ2v) is 4.60. The molecule has 0 fully saturated rings. The standard InChI is InChI=1S/C12H19NO3S/c1-3-4-6-13(7-8-14)12(15)11-10(16-2)5-9-17-11/h5,9,14H,3-4,6-8H2,1-2H3. The van der Waals surface area contributed by atoms with E-state index in [9.17, 15) is 4.79 Å². The van der Waals surface area contributed by atoms with Gasteiger partial charge in [-0.25, -0.2) is 0 Å². The lowest BCUT2D eigenvalue weighted by atomic mass is 10.3. The Hall–Kier alpha value is -1.07. The number of hydrogen-bond donors (Lipinski definition) is 1. The summed E-state index contributed by atoms with van der Waals surface area (Å²) in [5, 5.41) is 10.8. The summed E-state index contributed by atoms with van der Waals surface area (Å²) in [4.78, 5) is 14.5. The molecule has 0 saturated carbocycles. The monoisotopic (exact) mass is 257 g/mol. The van der Waals surface area contributed by atoms with Crippen molar-refractivity contribution in [2.45, 2.75) is 19.8 Å². The Morgan fingerprint density at radius 3 is 2.88 bits per heavy atom. The summed E-state index contributed by atoms with van der Waals surface area (Å²) in [6, 6.07) is 1.79. The Morgan fingerprint density at radius 1 is 1.53 bits per heavy atom. The number of nitrogens with zero attached hydrogens (tertiary/aromatic N) is 1. The average Bonchev–Trinajstić information content (AvgIpc) is 2.81.